The van der Waals surface area contributed by atoms with E-state index in [4.69, 9.17) is 5.11 Å². The second kappa shape index (κ2) is 7.31. The van der Waals surface area contributed by atoms with Crippen LogP contribution in [0.2, 0.25) is 0 Å². The summed E-state index contributed by atoms with van der Waals surface area (Å²) in [6, 6.07) is 0. The maximum absolute atomic E-state index is 9.63. The van der Waals surface area contributed by atoms with Crippen LogP contribution in [-0.4, -0.2) is 24.3 Å². The van der Waals surface area contributed by atoms with Crippen molar-refractivity contribution in [2.75, 3.05) is 13.2 Å². The number of hydrogen-bond acceptors (Lipinski definition) is 2. The van der Waals surface area contributed by atoms with Crippen molar-refractivity contribution < 1.29 is 40.8 Å². The number of aliphatic carboxylic acids is 1. The summed E-state index contributed by atoms with van der Waals surface area (Å²) in [5.41, 5.74) is 0. The Morgan fingerprint density at radius 2 is 2.25 bits per heavy atom. The Morgan fingerprint density at radius 3 is 2.38 bits per heavy atom. The van der Waals surface area contributed by atoms with Crippen molar-refractivity contribution in [1.82, 2.24) is 0 Å². The number of carboxylic acids is 1. The zero-order valence-electron chi connectivity index (χ0n) is 4.68. The van der Waals surface area contributed by atoms with Crippen LogP contribution < -0.4 is 0 Å². The van der Waals surface area contributed by atoms with Gasteiger partial charge in [-0.2, -0.15) is 0 Å². The van der Waals surface area contributed by atoms with Crippen LogP contribution in [0, 0.1) is 0 Å². The van der Waals surface area contributed by atoms with Crippen molar-refractivity contribution >= 4 is 5.97 Å². The molecule has 0 saturated heterocycles. The van der Waals surface area contributed by atoms with E-state index in [-0.39, 0.29) is 32.8 Å². The van der Waals surface area contributed by atoms with Crippen molar-refractivity contribution in [3.63, 3.8) is 0 Å². The fourth-order valence-electron chi connectivity index (χ4n) is 0.189. The Morgan fingerprint density at radius 1 is 1.75 bits per heavy atom. The molecule has 0 fully saturated rings. The van der Waals surface area contributed by atoms with Crippen molar-refractivity contribution in [1.29, 1.82) is 0 Å². The van der Waals surface area contributed by atoms with Gasteiger partial charge in [0, 0.05) is 32.8 Å². The van der Waals surface area contributed by atoms with Gasteiger partial charge in [0.2, 0.25) is 0 Å². The van der Waals surface area contributed by atoms with Crippen molar-refractivity contribution in [2.24, 2.45) is 0 Å². The second-order valence-electron chi connectivity index (χ2n) is 1.03. The number of ether oxygens (including phenoxy) is 1. The average Bonchev–Trinajstić information content (AvgIpc) is 1.61. The Bertz CT molecular complexity index is 64.3. The molecular formula is C4H8O3Zr. The van der Waals surface area contributed by atoms with E-state index in [0.29, 0.717) is 6.61 Å². The third kappa shape index (κ3) is 9.58. The smallest absolute Gasteiger partial charge is 0.329 e. The summed E-state index contributed by atoms with van der Waals surface area (Å²) in [6.45, 7) is 2.03. The van der Waals surface area contributed by atoms with E-state index in [1.54, 1.807) is 6.92 Å². The zero-order valence-corrected chi connectivity index (χ0v) is 7.14. The Hall–Kier alpha value is 0.313. The Kier molecular flexibility index (Phi) is 10.2. The van der Waals surface area contributed by atoms with Crippen LogP contribution in [0.1, 0.15) is 6.92 Å². The predicted molar refractivity (Wildman–Crippen MR) is 24.1 cm³/mol. The topological polar surface area (TPSA) is 46.5 Å². The van der Waals surface area contributed by atoms with E-state index < -0.39 is 5.97 Å². The maximum atomic E-state index is 9.63. The Balaban J connectivity index is 0. The van der Waals surface area contributed by atoms with Gasteiger partial charge in [-0.3, -0.25) is 0 Å². The molecule has 0 saturated carbocycles. The molecule has 0 atom stereocenters. The molecule has 46 valence electrons. The molecule has 3 nitrogen and oxygen atoms in total. The van der Waals surface area contributed by atoms with E-state index in [9.17, 15) is 4.79 Å². The van der Waals surface area contributed by atoms with Crippen LogP contribution in [0.3, 0.4) is 0 Å². The molecule has 0 amide bonds. The van der Waals surface area contributed by atoms with Crippen molar-refractivity contribution in [3.8, 4) is 0 Å². The number of rotatable bonds is 3. The quantitative estimate of drug-likeness (QED) is 0.695. The number of hydrogen-bond donors (Lipinski definition) is 1. The summed E-state index contributed by atoms with van der Waals surface area (Å²) in [5.74, 6) is -0.915. The summed E-state index contributed by atoms with van der Waals surface area (Å²) in [7, 11) is 0. The summed E-state index contributed by atoms with van der Waals surface area (Å²) in [5, 5.41) is 7.92. The van der Waals surface area contributed by atoms with Gasteiger partial charge in [-0.25, -0.2) is 4.79 Å². The minimum Gasteiger partial charge on any atom is -0.480 e. The third-order valence-corrected chi connectivity index (χ3v) is 0.430. The molecule has 8 heavy (non-hydrogen) atoms. The van der Waals surface area contributed by atoms with E-state index in [1.165, 1.54) is 0 Å². The fourth-order valence-corrected chi connectivity index (χ4v) is 0.189. The summed E-state index contributed by atoms with van der Waals surface area (Å²) >= 11 is 0. The largest absolute Gasteiger partial charge is 0.480 e. The molecule has 0 radical (unpaired) electrons. The first-order valence-corrected chi connectivity index (χ1v) is 2.07. The van der Waals surface area contributed by atoms with Crippen LogP contribution in [0.25, 0.3) is 0 Å². The van der Waals surface area contributed by atoms with Crippen LogP contribution in [0.4, 0.5) is 0 Å². The van der Waals surface area contributed by atoms with E-state index in [2.05, 4.69) is 4.74 Å². The van der Waals surface area contributed by atoms with Gasteiger partial charge >= 0.3 is 5.97 Å². The van der Waals surface area contributed by atoms with Gasteiger partial charge in [0.15, 0.2) is 0 Å². The van der Waals surface area contributed by atoms with E-state index in [1.807, 2.05) is 0 Å². The minimum atomic E-state index is -0.915. The second-order valence-corrected chi connectivity index (χ2v) is 1.03. The van der Waals surface area contributed by atoms with Crippen LogP contribution in [-0.2, 0) is 35.7 Å². The number of carboxylic acid groups (broad SMARTS) is 1. The molecule has 4 heteroatoms. The van der Waals surface area contributed by atoms with E-state index >= 15 is 0 Å². The molecule has 0 aliphatic heterocycles. The molecule has 0 unspecified atom stereocenters. The molecule has 0 aromatic heterocycles. The van der Waals surface area contributed by atoms with Crippen LogP contribution in [0.5, 0.6) is 0 Å². The Labute approximate surface area is 67.2 Å². The standard InChI is InChI=1S/C4H8O3.Zr/c1-2-7-3-4(5)6;/h2-3H2,1H3,(H,5,6);. The summed E-state index contributed by atoms with van der Waals surface area (Å²) < 4.78 is 4.50. The third-order valence-electron chi connectivity index (χ3n) is 0.430. The first-order chi connectivity index (χ1) is 3.27. The minimum absolute atomic E-state index is 0. The van der Waals surface area contributed by atoms with Gasteiger partial charge in [0.25, 0.3) is 0 Å². The molecule has 0 aliphatic carbocycles. The molecule has 0 bridgehead atoms. The first kappa shape index (κ1) is 11.2. The summed E-state index contributed by atoms with van der Waals surface area (Å²) in [4.78, 5) is 9.63. The van der Waals surface area contributed by atoms with E-state index in [0.717, 1.165) is 0 Å². The molecule has 1 N–H and O–H groups in total. The monoisotopic (exact) mass is 194 g/mol. The molecule has 0 heterocycles. The predicted octanol–water partition coefficient (Wildman–Crippen LogP) is 0.105. The van der Waals surface area contributed by atoms with Crippen molar-refractivity contribution in [3.05, 3.63) is 0 Å². The fraction of sp³-hybridized carbons (Fsp3) is 0.750. The molecular weight excluding hydrogens is 187 g/mol. The number of carbonyl (C=O) groups is 1. The van der Waals surface area contributed by atoms with Crippen molar-refractivity contribution in [2.45, 2.75) is 6.92 Å². The van der Waals surface area contributed by atoms with Crippen LogP contribution in [0.15, 0.2) is 0 Å². The first-order valence-electron chi connectivity index (χ1n) is 2.07. The summed E-state index contributed by atoms with van der Waals surface area (Å²) in [6.07, 6.45) is 0. The molecule has 0 spiro atoms. The molecule has 0 aromatic carbocycles. The SMILES string of the molecule is CCOCC(=O)O.[Zr]. The van der Waals surface area contributed by atoms with Gasteiger partial charge in [0.05, 0.1) is 0 Å². The van der Waals surface area contributed by atoms with Gasteiger partial charge in [-0.1, -0.05) is 0 Å². The molecule has 0 aliphatic rings. The van der Waals surface area contributed by atoms with Gasteiger partial charge < -0.3 is 9.84 Å². The van der Waals surface area contributed by atoms with Crippen LogP contribution >= 0.6 is 0 Å². The molecule has 0 rings (SSSR count). The molecule has 0 aromatic rings. The van der Waals surface area contributed by atoms with Gasteiger partial charge in [-0.15, -0.1) is 0 Å². The zero-order chi connectivity index (χ0) is 5.70. The van der Waals surface area contributed by atoms with Gasteiger partial charge in [-0.05, 0) is 6.92 Å². The normalized spacial score (nSPS) is 7.62. The maximum Gasteiger partial charge on any atom is 0.329 e. The van der Waals surface area contributed by atoms with Gasteiger partial charge in [0.1, 0.15) is 6.61 Å². The average molecular weight is 195 g/mol.